The molecule has 1 aliphatic rings. The smallest absolute Gasteiger partial charge is 0.321 e. The molecule has 6 nitrogen and oxygen atoms in total. The summed E-state index contributed by atoms with van der Waals surface area (Å²) in [6, 6.07) is 4.94. The molecule has 1 saturated heterocycles. The molecule has 0 unspecified atom stereocenters. The van der Waals surface area contributed by atoms with E-state index in [1.807, 2.05) is 0 Å². The third-order valence-electron chi connectivity index (χ3n) is 3.64. The summed E-state index contributed by atoms with van der Waals surface area (Å²) in [5.74, 6) is 1.29. The number of piperidine rings is 1. The fourth-order valence-electron chi connectivity index (χ4n) is 2.24. The van der Waals surface area contributed by atoms with E-state index >= 15 is 0 Å². The largest absolute Gasteiger partial charge is 0.497 e. The van der Waals surface area contributed by atoms with Crippen LogP contribution < -0.4 is 10.1 Å². The summed E-state index contributed by atoms with van der Waals surface area (Å²) in [6.45, 7) is 3.75. The van der Waals surface area contributed by atoms with Crippen LogP contribution in [0.3, 0.4) is 0 Å². The predicted octanol–water partition coefficient (Wildman–Crippen LogP) is 3.62. The molecule has 1 aromatic rings. The van der Waals surface area contributed by atoms with Crippen molar-refractivity contribution in [3.63, 3.8) is 0 Å². The maximum absolute atomic E-state index is 12.2. The summed E-state index contributed by atoms with van der Waals surface area (Å²) in [4.78, 5) is 14.0. The molecular formula is C14H20N4O2. The number of urea groups is 1. The highest BCUT2D eigenvalue weighted by atomic mass is 16.5. The van der Waals surface area contributed by atoms with Gasteiger partial charge in [0.1, 0.15) is 11.4 Å². The molecule has 6 heteroatoms. The molecule has 1 aromatic carbocycles. The fraction of sp³-hybridized carbons (Fsp3) is 0.500. The van der Waals surface area contributed by atoms with Crippen LogP contribution in [0.2, 0.25) is 0 Å². The molecule has 1 fully saturated rings. The van der Waals surface area contributed by atoms with Crippen molar-refractivity contribution in [2.45, 2.75) is 19.8 Å². The molecule has 20 heavy (non-hydrogen) atoms. The molecule has 0 saturated carbocycles. The zero-order chi connectivity index (χ0) is 14.5. The summed E-state index contributed by atoms with van der Waals surface area (Å²) in [6.07, 6.45) is 2.07. The lowest BCUT2D eigenvalue weighted by Crippen LogP contribution is -2.40. The van der Waals surface area contributed by atoms with Crippen LogP contribution in [0.1, 0.15) is 19.8 Å². The van der Waals surface area contributed by atoms with Gasteiger partial charge in [0.2, 0.25) is 0 Å². The number of hydrogen-bond donors (Lipinski definition) is 2. The van der Waals surface area contributed by atoms with Crippen molar-refractivity contribution < 1.29 is 9.53 Å². The van der Waals surface area contributed by atoms with E-state index in [2.05, 4.69) is 17.4 Å². The molecule has 0 radical (unpaired) electrons. The highest BCUT2D eigenvalue weighted by Gasteiger charge is 2.20. The van der Waals surface area contributed by atoms with Crippen molar-refractivity contribution in [2.24, 2.45) is 11.0 Å². The average Bonchev–Trinajstić information content (AvgIpc) is 2.48. The second kappa shape index (κ2) is 6.36. The van der Waals surface area contributed by atoms with E-state index < -0.39 is 0 Å². The molecule has 0 spiro atoms. The number of methoxy groups -OCH3 is 1. The van der Waals surface area contributed by atoms with Gasteiger partial charge in [0, 0.05) is 19.2 Å². The normalized spacial score (nSPS) is 15.8. The Bertz CT molecular complexity index is 496. The minimum absolute atomic E-state index is 0.132. The van der Waals surface area contributed by atoms with Crippen LogP contribution >= 0.6 is 0 Å². The van der Waals surface area contributed by atoms with Gasteiger partial charge < -0.3 is 15.0 Å². The van der Waals surface area contributed by atoms with Crippen molar-refractivity contribution >= 4 is 17.4 Å². The van der Waals surface area contributed by atoms with E-state index in [0.29, 0.717) is 23.0 Å². The lowest BCUT2D eigenvalue weighted by molar-refractivity contribution is 0.186. The van der Waals surface area contributed by atoms with Crippen LogP contribution in [0.25, 0.3) is 0 Å². The molecule has 0 aromatic heterocycles. The number of likely N-dealkylation sites (tertiary alicyclic amines) is 1. The minimum Gasteiger partial charge on any atom is -0.497 e. The first-order valence-corrected chi connectivity index (χ1v) is 6.75. The van der Waals surface area contributed by atoms with Crippen molar-refractivity contribution in [2.75, 3.05) is 25.5 Å². The van der Waals surface area contributed by atoms with Gasteiger partial charge in [-0.2, -0.15) is 5.11 Å². The number of ether oxygens (including phenoxy) is 1. The van der Waals surface area contributed by atoms with Gasteiger partial charge in [0.15, 0.2) is 0 Å². The summed E-state index contributed by atoms with van der Waals surface area (Å²) in [7, 11) is 1.55. The molecule has 0 bridgehead atoms. The minimum atomic E-state index is -0.132. The molecule has 2 rings (SSSR count). The number of nitrogens with one attached hydrogen (secondary N) is 2. The maximum atomic E-state index is 12.2. The van der Waals surface area contributed by atoms with Gasteiger partial charge in [-0.15, -0.1) is 0 Å². The molecule has 0 aliphatic carbocycles. The molecule has 0 atom stereocenters. The Morgan fingerprint density at radius 3 is 2.75 bits per heavy atom. The number of anilines is 1. The van der Waals surface area contributed by atoms with Gasteiger partial charge in [-0.1, -0.05) is 6.92 Å². The highest BCUT2D eigenvalue weighted by molar-refractivity contribution is 5.92. The van der Waals surface area contributed by atoms with Gasteiger partial charge in [-0.05, 0) is 30.9 Å². The number of carbonyl (C=O) groups is 1. The summed E-state index contributed by atoms with van der Waals surface area (Å²) in [5, 5.41) is 6.24. The van der Waals surface area contributed by atoms with Crippen molar-refractivity contribution in [3.05, 3.63) is 18.2 Å². The summed E-state index contributed by atoms with van der Waals surface area (Å²) >= 11 is 0. The molecule has 1 aliphatic heterocycles. The van der Waals surface area contributed by atoms with Gasteiger partial charge in [0.25, 0.3) is 0 Å². The highest BCUT2D eigenvalue weighted by Crippen LogP contribution is 2.30. The van der Waals surface area contributed by atoms with Crippen LogP contribution in [0, 0.1) is 11.4 Å². The Balaban J connectivity index is 2.05. The van der Waals surface area contributed by atoms with E-state index in [-0.39, 0.29) is 6.03 Å². The number of rotatable bonds is 3. The zero-order valence-electron chi connectivity index (χ0n) is 11.8. The standard InChI is InChI=1S/C14H20N4O2/c1-10-5-7-18(8-6-10)14(19)16-12-4-3-11(20-2)9-13(12)17-15/h3-4,9-10,15H,5-8H2,1-2H3,(H,16,19). The number of nitrogens with zero attached hydrogens (tertiary/aromatic N) is 2. The molecule has 2 N–H and O–H groups in total. The quantitative estimate of drug-likeness (QED) is 0.827. The third kappa shape index (κ3) is 3.26. The van der Waals surface area contributed by atoms with Gasteiger partial charge in [-0.3, -0.25) is 0 Å². The number of benzene rings is 1. The second-order valence-electron chi connectivity index (χ2n) is 5.09. The zero-order valence-corrected chi connectivity index (χ0v) is 11.8. The van der Waals surface area contributed by atoms with Gasteiger partial charge >= 0.3 is 6.03 Å². The van der Waals surface area contributed by atoms with Gasteiger partial charge in [0.05, 0.1) is 12.8 Å². The number of carbonyl (C=O) groups excluding carboxylic acids is 1. The van der Waals surface area contributed by atoms with E-state index in [1.165, 1.54) is 0 Å². The Kier molecular flexibility index (Phi) is 4.55. The Hall–Kier alpha value is -2.11. The van der Waals surface area contributed by atoms with Crippen LogP contribution in [-0.4, -0.2) is 31.1 Å². The van der Waals surface area contributed by atoms with E-state index in [0.717, 1.165) is 25.9 Å². The molecule has 108 valence electrons. The molecular weight excluding hydrogens is 256 g/mol. The van der Waals surface area contributed by atoms with E-state index in [9.17, 15) is 4.79 Å². The number of amides is 2. The lowest BCUT2D eigenvalue weighted by atomic mass is 10.00. The Morgan fingerprint density at radius 1 is 1.45 bits per heavy atom. The monoisotopic (exact) mass is 276 g/mol. The first kappa shape index (κ1) is 14.3. The average molecular weight is 276 g/mol. The van der Waals surface area contributed by atoms with Gasteiger partial charge in [-0.25, -0.2) is 10.3 Å². The fourth-order valence-corrected chi connectivity index (χ4v) is 2.24. The SMILES string of the molecule is COc1ccc(NC(=O)N2CCC(C)CC2)c(N=N)c1. The second-order valence-corrected chi connectivity index (χ2v) is 5.09. The maximum Gasteiger partial charge on any atom is 0.321 e. The van der Waals surface area contributed by atoms with Crippen LogP contribution in [0.4, 0.5) is 16.2 Å². The summed E-state index contributed by atoms with van der Waals surface area (Å²) < 4.78 is 5.08. The van der Waals surface area contributed by atoms with Crippen molar-refractivity contribution in [1.29, 1.82) is 5.53 Å². The van der Waals surface area contributed by atoms with E-state index in [1.54, 1.807) is 30.2 Å². The number of hydrogen-bond acceptors (Lipinski definition) is 4. The van der Waals surface area contributed by atoms with E-state index in [4.69, 9.17) is 10.3 Å². The predicted molar refractivity (Wildman–Crippen MR) is 76.8 cm³/mol. The summed E-state index contributed by atoms with van der Waals surface area (Å²) in [5.41, 5.74) is 8.10. The molecule has 1 heterocycles. The van der Waals surface area contributed by atoms with Crippen molar-refractivity contribution in [1.82, 2.24) is 4.90 Å². The first-order chi connectivity index (χ1) is 9.63. The van der Waals surface area contributed by atoms with Crippen molar-refractivity contribution in [3.8, 4) is 5.75 Å². The molecule has 2 amide bonds. The van der Waals surface area contributed by atoms with Crippen LogP contribution in [-0.2, 0) is 0 Å². The third-order valence-corrected chi connectivity index (χ3v) is 3.64. The topological polar surface area (TPSA) is 77.8 Å². The first-order valence-electron chi connectivity index (χ1n) is 6.75. The lowest BCUT2D eigenvalue weighted by Gasteiger charge is -2.30. The Labute approximate surface area is 118 Å². The van der Waals surface area contributed by atoms with Crippen LogP contribution in [0.15, 0.2) is 23.3 Å². The van der Waals surface area contributed by atoms with Crippen LogP contribution in [0.5, 0.6) is 5.75 Å². The Morgan fingerprint density at radius 2 is 2.15 bits per heavy atom.